The monoisotopic (exact) mass is 268 g/mol. The van der Waals surface area contributed by atoms with Gasteiger partial charge in [0.15, 0.2) is 0 Å². The molecule has 0 saturated carbocycles. The van der Waals surface area contributed by atoms with Crippen molar-refractivity contribution in [3.8, 4) is 5.75 Å². The first-order valence-electron chi connectivity index (χ1n) is 6.61. The van der Waals surface area contributed by atoms with Gasteiger partial charge in [-0.2, -0.15) is 0 Å². The summed E-state index contributed by atoms with van der Waals surface area (Å²) in [6.45, 7) is 4.75. The molecule has 1 aromatic rings. The Balaban J connectivity index is 2.26. The highest BCUT2D eigenvalue weighted by molar-refractivity contribution is 5.60. The smallest absolute Gasteiger partial charge is 0.150 e. The fourth-order valence-electron chi connectivity index (χ4n) is 2.52. The van der Waals surface area contributed by atoms with Crippen LogP contribution in [0.25, 0.3) is 0 Å². The SMILES string of the molecule is CC1CN(C)CCN1c1c(F)cccc1OCCO. The summed E-state index contributed by atoms with van der Waals surface area (Å²) in [6, 6.07) is 5.06. The molecule has 0 radical (unpaired) electrons. The number of aliphatic hydroxyl groups excluding tert-OH is 1. The van der Waals surface area contributed by atoms with E-state index in [-0.39, 0.29) is 25.1 Å². The van der Waals surface area contributed by atoms with Crippen LogP contribution in [0.4, 0.5) is 10.1 Å². The molecule has 106 valence electrons. The maximum absolute atomic E-state index is 14.1. The standard InChI is InChI=1S/C14H21FN2O2/c1-11-10-16(2)6-7-17(11)14-12(15)4-3-5-13(14)19-9-8-18/h3-5,11,18H,6-10H2,1-2H3. The maximum Gasteiger partial charge on any atom is 0.150 e. The first-order chi connectivity index (χ1) is 9.13. The fourth-order valence-corrected chi connectivity index (χ4v) is 2.52. The quantitative estimate of drug-likeness (QED) is 0.894. The van der Waals surface area contributed by atoms with Gasteiger partial charge in [0.25, 0.3) is 0 Å². The second-order valence-corrected chi connectivity index (χ2v) is 4.96. The number of rotatable bonds is 4. The highest BCUT2D eigenvalue weighted by Crippen LogP contribution is 2.33. The average molecular weight is 268 g/mol. The molecule has 1 heterocycles. The summed E-state index contributed by atoms with van der Waals surface area (Å²) in [5.74, 6) is 0.234. The van der Waals surface area contributed by atoms with Gasteiger partial charge in [0.1, 0.15) is 23.9 Å². The van der Waals surface area contributed by atoms with Gasteiger partial charge in [-0.15, -0.1) is 0 Å². The molecule has 1 N–H and O–H groups in total. The van der Waals surface area contributed by atoms with Gasteiger partial charge in [-0.05, 0) is 26.1 Å². The van der Waals surface area contributed by atoms with Crippen molar-refractivity contribution >= 4 is 5.69 Å². The average Bonchev–Trinajstić information content (AvgIpc) is 2.37. The topological polar surface area (TPSA) is 35.9 Å². The number of benzene rings is 1. The van der Waals surface area contributed by atoms with Gasteiger partial charge in [-0.1, -0.05) is 6.07 Å². The third kappa shape index (κ3) is 3.16. The van der Waals surface area contributed by atoms with Crippen molar-refractivity contribution in [2.45, 2.75) is 13.0 Å². The van der Waals surface area contributed by atoms with E-state index in [1.54, 1.807) is 12.1 Å². The zero-order valence-electron chi connectivity index (χ0n) is 11.5. The lowest BCUT2D eigenvalue weighted by Gasteiger charge is -2.40. The highest BCUT2D eigenvalue weighted by Gasteiger charge is 2.26. The molecule has 0 bridgehead atoms. The van der Waals surface area contributed by atoms with Crippen LogP contribution in [0.15, 0.2) is 18.2 Å². The molecule has 0 spiro atoms. The van der Waals surface area contributed by atoms with Gasteiger partial charge in [0.05, 0.1) is 6.61 Å². The first kappa shape index (κ1) is 14.1. The zero-order chi connectivity index (χ0) is 13.8. The van der Waals surface area contributed by atoms with E-state index < -0.39 is 0 Å². The van der Waals surface area contributed by atoms with Crippen molar-refractivity contribution in [1.29, 1.82) is 0 Å². The Bertz CT molecular complexity index is 428. The summed E-state index contributed by atoms with van der Waals surface area (Å²) in [4.78, 5) is 4.28. The summed E-state index contributed by atoms with van der Waals surface area (Å²) in [5.41, 5.74) is 0.511. The number of hydrogen-bond acceptors (Lipinski definition) is 4. The van der Waals surface area contributed by atoms with Gasteiger partial charge in [-0.3, -0.25) is 0 Å². The van der Waals surface area contributed by atoms with E-state index in [1.165, 1.54) is 6.07 Å². The van der Waals surface area contributed by atoms with Crippen LogP contribution in [0, 0.1) is 5.82 Å². The summed E-state index contributed by atoms with van der Waals surface area (Å²) in [5, 5.41) is 8.85. The van der Waals surface area contributed by atoms with Gasteiger partial charge in [0.2, 0.25) is 0 Å². The Morgan fingerprint density at radius 3 is 2.89 bits per heavy atom. The number of para-hydroxylation sites is 1. The Morgan fingerprint density at radius 1 is 1.42 bits per heavy atom. The third-order valence-electron chi connectivity index (χ3n) is 3.42. The number of likely N-dealkylation sites (N-methyl/N-ethyl adjacent to an activating group) is 1. The molecule has 1 fully saturated rings. The molecule has 2 rings (SSSR count). The molecule has 0 amide bonds. The van der Waals surface area contributed by atoms with E-state index >= 15 is 0 Å². The molecule has 1 aromatic carbocycles. The molecule has 19 heavy (non-hydrogen) atoms. The largest absolute Gasteiger partial charge is 0.489 e. The Hall–Kier alpha value is -1.33. The lowest BCUT2D eigenvalue weighted by atomic mass is 10.1. The number of halogens is 1. The first-order valence-corrected chi connectivity index (χ1v) is 6.61. The molecule has 1 unspecified atom stereocenters. The van der Waals surface area contributed by atoms with Crippen molar-refractivity contribution < 1.29 is 14.2 Å². The normalized spacial score (nSPS) is 20.6. The number of aliphatic hydroxyl groups is 1. The molecule has 1 atom stereocenters. The van der Waals surface area contributed by atoms with Crippen molar-refractivity contribution in [2.24, 2.45) is 0 Å². The minimum Gasteiger partial charge on any atom is -0.489 e. The number of ether oxygens (including phenoxy) is 1. The second-order valence-electron chi connectivity index (χ2n) is 4.96. The molecule has 1 aliphatic heterocycles. The van der Waals surface area contributed by atoms with Crippen LogP contribution in [0.2, 0.25) is 0 Å². The molecule has 1 saturated heterocycles. The number of nitrogens with zero attached hydrogens (tertiary/aromatic N) is 2. The van der Waals surface area contributed by atoms with Crippen molar-refractivity contribution in [2.75, 3.05) is 44.8 Å². The van der Waals surface area contributed by atoms with Gasteiger partial charge in [0, 0.05) is 25.7 Å². The highest BCUT2D eigenvalue weighted by atomic mass is 19.1. The molecular formula is C14H21FN2O2. The van der Waals surface area contributed by atoms with E-state index in [0.717, 1.165) is 19.6 Å². The Kier molecular flexibility index (Phi) is 4.61. The summed E-state index contributed by atoms with van der Waals surface area (Å²) < 4.78 is 19.6. The summed E-state index contributed by atoms with van der Waals surface area (Å²) in [7, 11) is 2.07. The summed E-state index contributed by atoms with van der Waals surface area (Å²) in [6.07, 6.45) is 0. The second kappa shape index (κ2) is 6.21. The van der Waals surface area contributed by atoms with E-state index in [2.05, 4.69) is 18.9 Å². The van der Waals surface area contributed by atoms with E-state index in [1.807, 2.05) is 4.90 Å². The molecular weight excluding hydrogens is 247 g/mol. The van der Waals surface area contributed by atoms with Crippen LogP contribution in [0.5, 0.6) is 5.75 Å². The molecule has 0 aliphatic carbocycles. The summed E-state index contributed by atoms with van der Waals surface area (Å²) >= 11 is 0. The lowest BCUT2D eigenvalue weighted by Crippen LogP contribution is -2.51. The Labute approximate surface area is 113 Å². The van der Waals surface area contributed by atoms with Crippen LogP contribution < -0.4 is 9.64 Å². The molecule has 0 aromatic heterocycles. The van der Waals surface area contributed by atoms with Crippen LogP contribution in [-0.2, 0) is 0 Å². The molecule has 1 aliphatic rings. The van der Waals surface area contributed by atoms with Crippen LogP contribution in [-0.4, -0.2) is 55.9 Å². The number of piperazine rings is 1. The van der Waals surface area contributed by atoms with E-state index in [9.17, 15) is 4.39 Å². The zero-order valence-corrected chi connectivity index (χ0v) is 11.5. The van der Waals surface area contributed by atoms with Crippen LogP contribution in [0.1, 0.15) is 6.92 Å². The minimum absolute atomic E-state index is 0.0752. The number of anilines is 1. The molecule has 4 nitrogen and oxygen atoms in total. The maximum atomic E-state index is 14.1. The predicted molar refractivity (Wildman–Crippen MR) is 73.3 cm³/mol. The third-order valence-corrected chi connectivity index (χ3v) is 3.42. The van der Waals surface area contributed by atoms with Crippen molar-refractivity contribution in [3.63, 3.8) is 0 Å². The van der Waals surface area contributed by atoms with E-state index in [0.29, 0.717) is 11.4 Å². The van der Waals surface area contributed by atoms with Gasteiger partial charge >= 0.3 is 0 Å². The van der Waals surface area contributed by atoms with Crippen LogP contribution in [0.3, 0.4) is 0 Å². The predicted octanol–water partition coefficient (Wildman–Crippen LogP) is 1.34. The fraction of sp³-hybridized carbons (Fsp3) is 0.571. The van der Waals surface area contributed by atoms with Gasteiger partial charge in [-0.25, -0.2) is 4.39 Å². The lowest BCUT2D eigenvalue weighted by molar-refractivity contribution is 0.200. The van der Waals surface area contributed by atoms with Gasteiger partial charge < -0.3 is 19.6 Å². The minimum atomic E-state index is -0.271. The Morgan fingerprint density at radius 2 is 2.21 bits per heavy atom. The van der Waals surface area contributed by atoms with Crippen LogP contribution >= 0.6 is 0 Å². The number of hydrogen-bond donors (Lipinski definition) is 1. The molecule has 5 heteroatoms. The van der Waals surface area contributed by atoms with Crippen molar-refractivity contribution in [1.82, 2.24) is 4.90 Å². The van der Waals surface area contributed by atoms with Crippen molar-refractivity contribution in [3.05, 3.63) is 24.0 Å². The van der Waals surface area contributed by atoms with E-state index in [4.69, 9.17) is 9.84 Å².